The first-order valence-electron chi connectivity index (χ1n) is 6.92. The first-order valence-corrected chi connectivity index (χ1v) is 6.92. The molecule has 0 unspecified atom stereocenters. The number of nitrogens with one attached hydrogen (secondary N) is 2. The molecule has 7 nitrogen and oxygen atoms in total. The number of ether oxygens (including phenoxy) is 1. The number of nitrogens with two attached hydrogens (primary N) is 1. The maximum Gasteiger partial charge on any atom is 0.359 e. The zero-order valence-electron chi connectivity index (χ0n) is 12.4. The molecule has 0 saturated carbocycles. The van der Waals surface area contributed by atoms with Gasteiger partial charge in [-0.05, 0) is 29.8 Å². The van der Waals surface area contributed by atoms with Crippen molar-refractivity contribution in [3.8, 4) is 5.75 Å². The molecular weight excluding hydrogens is 296 g/mol. The average Bonchev–Trinajstić information content (AvgIpc) is 2.59. The molecule has 0 aliphatic carbocycles. The average molecular weight is 313 g/mol. The summed E-state index contributed by atoms with van der Waals surface area (Å²) < 4.78 is 5.63. The van der Waals surface area contributed by atoms with E-state index in [9.17, 15) is 9.59 Å². The summed E-state index contributed by atoms with van der Waals surface area (Å²) in [4.78, 5) is 22.6. The fourth-order valence-electron chi connectivity index (χ4n) is 1.84. The second-order valence-electron chi connectivity index (χ2n) is 4.65. The van der Waals surface area contributed by atoms with Crippen LogP contribution in [-0.4, -0.2) is 18.5 Å². The maximum absolute atomic E-state index is 11.3. The Bertz CT molecular complexity index is 659. The Kier molecular flexibility index (Phi) is 5.54. The number of hydrogen-bond acceptors (Lipinski definition) is 4. The summed E-state index contributed by atoms with van der Waals surface area (Å²) in [6.07, 6.45) is 0. The SMILES string of the molecule is [NH]C(=O)N(NC(=O)CN)c1ccc(OCc2ccccc2)cc1. The Labute approximate surface area is 133 Å². The van der Waals surface area contributed by atoms with Gasteiger partial charge in [-0.1, -0.05) is 30.3 Å². The lowest BCUT2D eigenvalue weighted by Crippen LogP contribution is -2.48. The highest BCUT2D eigenvalue weighted by Gasteiger charge is 2.15. The molecule has 2 rings (SSSR count). The number of nitrogens with zero attached hydrogens (tertiary/aromatic N) is 1. The first kappa shape index (κ1) is 16.3. The Morgan fingerprint density at radius 2 is 1.74 bits per heavy atom. The van der Waals surface area contributed by atoms with Gasteiger partial charge in [0.25, 0.3) is 5.91 Å². The van der Waals surface area contributed by atoms with E-state index >= 15 is 0 Å². The summed E-state index contributed by atoms with van der Waals surface area (Å²) in [7, 11) is 0. The third-order valence-electron chi connectivity index (χ3n) is 2.97. The fraction of sp³-hybridized carbons (Fsp3) is 0.125. The van der Waals surface area contributed by atoms with Gasteiger partial charge in [0.2, 0.25) is 0 Å². The summed E-state index contributed by atoms with van der Waals surface area (Å²) in [6.45, 7) is 0.146. The normalized spacial score (nSPS) is 9.96. The summed E-state index contributed by atoms with van der Waals surface area (Å²) in [5.41, 5.74) is 16.0. The van der Waals surface area contributed by atoms with Crippen LogP contribution < -0.4 is 26.6 Å². The van der Waals surface area contributed by atoms with Crippen LogP contribution in [0.15, 0.2) is 54.6 Å². The fourth-order valence-corrected chi connectivity index (χ4v) is 1.84. The Morgan fingerprint density at radius 3 is 2.30 bits per heavy atom. The van der Waals surface area contributed by atoms with Gasteiger partial charge >= 0.3 is 6.03 Å². The molecule has 3 amide bonds. The topological polar surface area (TPSA) is 108 Å². The van der Waals surface area contributed by atoms with Crippen LogP contribution in [0.2, 0.25) is 0 Å². The van der Waals surface area contributed by atoms with Gasteiger partial charge in [0.1, 0.15) is 12.4 Å². The molecular formula is C16H17N4O3. The number of carbonyl (C=O) groups is 2. The van der Waals surface area contributed by atoms with E-state index in [0.717, 1.165) is 10.6 Å². The van der Waals surface area contributed by atoms with E-state index in [4.69, 9.17) is 16.2 Å². The van der Waals surface area contributed by atoms with Gasteiger partial charge in [0, 0.05) is 0 Å². The van der Waals surface area contributed by atoms with E-state index in [0.29, 0.717) is 18.0 Å². The second-order valence-corrected chi connectivity index (χ2v) is 4.65. The number of anilines is 1. The smallest absolute Gasteiger partial charge is 0.359 e. The van der Waals surface area contributed by atoms with E-state index < -0.39 is 11.9 Å². The summed E-state index contributed by atoms with van der Waals surface area (Å²) in [6, 6.07) is 15.1. The molecule has 0 saturated heterocycles. The van der Waals surface area contributed by atoms with Crippen molar-refractivity contribution in [1.29, 1.82) is 0 Å². The van der Waals surface area contributed by atoms with Crippen LogP contribution in [0.3, 0.4) is 0 Å². The maximum atomic E-state index is 11.3. The third kappa shape index (κ3) is 4.72. The van der Waals surface area contributed by atoms with E-state index in [1.807, 2.05) is 30.3 Å². The van der Waals surface area contributed by atoms with E-state index in [1.165, 1.54) is 0 Å². The number of amides is 3. The monoisotopic (exact) mass is 313 g/mol. The van der Waals surface area contributed by atoms with Crippen LogP contribution in [0, 0.1) is 0 Å². The number of hydrazine groups is 1. The largest absolute Gasteiger partial charge is 0.489 e. The zero-order valence-corrected chi connectivity index (χ0v) is 12.4. The van der Waals surface area contributed by atoms with Crippen LogP contribution in [0.1, 0.15) is 5.56 Å². The van der Waals surface area contributed by atoms with Crippen molar-refractivity contribution in [2.45, 2.75) is 6.61 Å². The van der Waals surface area contributed by atoms with Crippen molar-refractivity contribution in [2.24, 2.45) is 5.73 Å². The summed E-state index contributed by atoms with van der Waals surface area (Å²) >= 11 is 0. The number of hydrogen-bond donors (Lipinski definition) is 2. The first-order chi connectivity index (χ1) is 11.1. The molecule has 0 spiro atoms. The number of benzene rings is 2. The molecule has 119 valence electrons. The molecule has 23 heavy (non-hydrogen) atoms. The molecule has 7 heteroatoms. The zero-order chi connectivity index (χ0) is 16.7. The van der Waals surface area contributed by atoms with Gasteiger partial charge in [-0.15, -0.1) is 0 Å². The van der Waals surface area contributed by atoms with E-state index in [2.05, 4.69) is 5.43 Å². The van der Waals surface area contributed by atoms with Crippen LogP contribution in [-0.2, 0) is 11.4 Å². The minimum Gasteiger partial charge on any atom is -0.489 e. The van der Waals surface area contributed by atoms with Crippen molar-refractivity contribution >= 4 is 17.6 Å². The predicted octanol–water partition coefficient (Wildman–Crippen LogP) is 1.46. The second kappa shape index (κ2) is 7.81. The summed E-state index contributed by atoms with van der Waals surface area (Å²) in [5, 5.41) is 0.816. The van der Waals surface area contributed by atoms with E-state index in [1.54, 1.807) is 24.3 Å². The lowest BCUT2D eigenvalue weighted by Gasteiger charge is -2.20. The van der Waals surface area contributed by atoms with Gasteiger partial charge in [-0.3, -0.25) is 10.2 Å². The molecule has 2 aromatic carbocycles. The highest BCUT2D eigenvalue weighted by Crippen LogP contribution is 2.19. The van der Waals surface area contributed by atoms with Crippen molar-refractivity contribution in [2.75, 3.05) is 11.6 Å². The van der Waals surface area contributed by atoms with Gasteiger partial charge in [0.05, 0.1) is 12.2 Å². The van der Waals surface area contributed by atoms with Crippen molar-refractivity contribution in [3.63, 3.8) is 0 Å². The van der Waals surface area contributed by atoms with Crippen molar-refractivity contribution < 1.29 is 14.3 Å². The van der Waals surface area contributed by atoms with Crippen LogP contribution in [0.4, 0.5) is 10.5 Å². The number of rotatable bonds is 5. The minimum absolute atomic E-state index is 0.276. The molecule has 0 heterocycles. The van der Waals surface area contributed by atoms with Crippen LogP contribution in [0.25, 0.3) is 0 Å². The number of carbonyl (C=O) groups excluding carboxylic acids is 2. The van der Waals surface area contributed by atoms with Gasteiger partial charge in [0.15, 0.2) is 0 Å². The molecule has 0 atom stereocenters. The van der Waals surface area contributed by atoms with Crippen molar-refractivity contribution in [3.05, 3.63) is 60.2 Å². The van der Waals surface area contributed by atoms with Gasteiger partial charge < -0.3 is 10.5 Å². The third-order valence-corrected chi connectivity index (χ3v) is 2.97. The van der Waals surface area contributed by atoms with Gasteiger partial charge in [-0.25, -0.2) is 15.5 Å². The van der Waals surface area contributed by atoms with E-state index in [-0.39, 0.29) is 6.54 Å². The quantitative estimate of drug-likeness (QED) is 0.814. The molecule has 0 fully saturated rings. The van der Waals surface area contributed by atoms with Crippen molar-refractivity contribution in [1.82, 2.24) is 11.2 Å². The summed E-state index contributed by atoms with van der Waals surface area (Å²) in [5.74, 6) is 0.0511. The molecule has 2 aromatic rings. The van der Waals surface area contributed by atoms with Crippen LogP contribution in [0.5, 0.6) is 5.75 Å². The lowest BCUT2D eigenvalue weighted by molar-refractivity contribution is -0.119. The number of urea groups is 1. The Hall–Kier alpha value is -3.06. The molecule has 0 aliphatic heterocycles. The molecule has 0 bridgehead atoms. The highest BCUT2D eigenvalue weighted by molar-refractivity contribution is 5.94. The molecule has 0 aromatic heterocycles. The standard InChI is InChI=1S/C16H17N4O3/c17-10-15(21)19-20(16(18)22)13-6-8-14(9-7-13)23-11-12-4-2-1-3-5-12/h1-9,18H,10-11,17H2,(H,19,21). The lowest BCUT2D eigenvalue weighted by atomic mass is 10.2. The van der Waals surface area contributed by atoms with Crippen LogP contribution >= 0.6 is 0 Å². The highest BCUT2D eigenvalue weighted by atomic mass is 16.5. The minimum atomic E-state index is -1.07. The molecule has 1 radical (unpaired) electrons. The molecule has 0 aliphatic rings. The Balaban J connectivity index is 2.02. The predicted molar refractivity (Wildman–Crippen MR) is 85.4 cm³/mol. The molecule has 4 N–H and O–H groups in total. The van der Waals surface area contributed by atoms with Gasteiger partial charge in [-0.2, -0.15) is 0 Å². The Morgan fingerprint density at radius 1 is 1.09 bits per heavy atom.